The number of aryl methyl sites for hydroxylation is 2. The topological polar surface area (TPSA) is 65.0 Å². The minimum atomic E-state index is -0.00182. The fourth-order valence-electron chi connectivity index (χ4n) is 3.98. The molecule has 0 bridgehead atoms. The van der Waals surface area contributed by atoms with Crippen LogP contribution < -0.4 is 4.74 Å². The summed E-state index contributed by atoms with van der Waals surface area (Å²) in [6.07, 6.45) is 8.88. The van der Waals surface area contributed by atoms with Crippen molar-refractivity contribution >= 4 is 28.3 Å². The van der Waals surface area contributed by atoms with Crippen LogP contribution in [0.3, 0.4) is 0 Å². The number of ether oxygens (including phenoxy) is 1. The largest absolute Gasteiger partial charge is 0.494 e. The first kappa shape index (κ1) is 20.3. The maximum atomic E-state index is 13.5. The lowest BCUT2D eigenvalue weighted by Crippen LogP contribution is -2.02. The molecular weight excluding hydrogens is 418 g/mol. The lowest BCUT2D eigenvalue weighted by atomic mass is 9.99. The van der Waals surface area contributed by atoms with Crippen LogP contribution in [-0.2, 0) is 6.42 Å². The molecule has 0 fully saturated rings. The molecule has 0 spiro atoms. The van der Waals surface area contributed by atoms with Gasteiger partial charge < -0.3 is 4.74 Å². The van der Waals surface area contributed by atoms with Gasteiger partial charge in [0.05, 0.1) is 22.7 Å². The van der Waals surface area contributed by atoms with Gasteiger partial charge in [0.25, 0.3) is 0 Å². The summed E-state index contributed by atoms with van der Waals surface area (Å²) in [5.41, 5.74) is 7.99. The summed E-state index contributed by atoms with van der Waals surface area (Å²) in [6.45, 7) is 2.56. The summed E-state index contributed by atoms with van der Waals surface area (Å²) < 4.78 is 5.98. The van der Waals surface area contributed by atoms with E-state index in [0.717, 1.165) is 40.1 Å². The summed E-state index contributed by atoms with van der Waals surface area (Å²) in [5.74, 6) is 0.706. The monoisotopic (exact) mass is 439 g/mol. The van der Waals surface area contributed by atoms with E-state index in [4.69, 9.17) is 4.74 Å². The highest BCUT2D eigenvalue weighted by atomic mass is 32.1. The lowest BCUT2D eigenvalue weighted by Gasteiger charge is -2.09. The van der Waals surface area contributed by atoms with Gasteiger partial charge in [-0.05, 0) is 67.3 Å². The van der Waals surface area contributed by atoms with Crippen LogP contribution in [0.25, 0.3) is 11.1 Å². The van der Waals surface area contributed by atoms with Gasteiger partial charge in [-0.1, -0.05) is 6.07 Å². The van der Waals surface area contributed by atoms with E-state index in [1.165, 1.54) is 5.56 Å². The fourth-order valence-corrected chi connectivity index (χ4v) is 4.85. The van der Waals surface area contributed by atoms with E-state index < -0.39 is 0 Å². The first-order valence-electron chi connectivity index (χ1n) is 10.5. The van der Waals surface area contributed by atoms with E-state index >= 15 is 0 Å². The van der Waals surface area contributed by atoms with Gasteiger partial charge in [-0.3, -0.25) is 14.8 Å². The second-order valence-corrected chi connectivity index (χ2v) is 8.46. The first-order chi connectivity index (χ1) is 15.7. The number of aromatic nitrogens is 3. The zero-order valence-corrected chi connectivity index (χ0v) is 18.4. The molecule has 0 saturated carbocycles. The summed E-state index contributed by atoms with van der Waals surface area (Å²) >= 11 is 1.55. The summed E-state index contributed by atoms with van der Waals surface area (Å²) in [4.78, 5) is 27.2. The molecule has 3 heterocycles. The van der Waals surface area contributed by atoms with Gasteiger partial charge in [-0.25, -0.2) is 4.98 Å². The van der Waals surface area contributed by atoms with E-state index in [2.05, 4.69) is 15.0 Å². The molecule has 0 atom stereocenters. The minimum absolute atomic E-state index is 0.00182. The predicted molar refractivity (Wildman–Crippen MR) is 126 cm³/mol. The van der Waals surface area contributed by atoms with Gasteiger partial charge in [-0.2, -0.15) is 0 Å². The summed E-state index contributed by atoms with van der Waals surface area (Å²) in [5, 5.41) is 0. The van der Waals surface area contributed by atoms with E-state index in [1.807, 2.05) is 54.9 Å². The molecule has 1 aliphatic rings. The number of ketones is 1. The maximum Gasteiger partial charge on any atom is 0.195 e. The number of pyridine rings is 2. The predicted octanol–water partition coefficient (Wildman–Crippen LogP) is 5.41. The number of Topliss-reactive ketones (excluding diaryl/α,β-unsaturated/α-hetero) is 1. The number of allylic oxidation sites excluding steroid dienone is 1. The van der Waals surface area contributed by atoms with Crippen LogP contribution in [0.15, 0.2) is 72.8 Å². The zero-order chi connectivity index (χ0) is 21.9. The zero-order valence-electron chi connectivity index (χ0n) is 17.6. The van der Waals surface area contributed by atoms with Gasteiger partial charge >= 0.3 is 0 Å². The van der Waals surface area contributed by atoms with E-state index in [9.17, 15) is 4.79 Å². The van der Waals surface area contributed by atoms with Crippen molar-refractivity contribution in [1.82, 2.24) is 15.0 Å². The highest BCUT2D eigenvalue weighted by Gasteiger charge is 2.33. The molecular formula is C26H21N3O2S. The number of fused-ring (bicyclic) bond motifs is 1. The standard InChI is InChI=1S/C26H21N3O2S/c1-17-26(32-16-29-17)24-21-7-6-20(31-13-3-4-18-8-11-27-12-9-18)14-22(21)25(30)23(24)19-5-2-10-28-15-19/h2,5-12,14-16H,3-4,13H2,1H3. The Hall–Kier alpha value is -3.64. The van der Waals surface area contributed by atoms with Crippen LogP contribution >= 0.6 is 11.3 Å². The second kappa shape index (κ2) is 8.85. The molecule has 158 valence electrons. The maximum absolute atomic E-state index is 13.5. The van der Waals surface area contributed by atoms with Crippen molar-refractivity contribution in [1.29, 1.82) is 0 Å². The normalized spacial score (nSPS) is 12.8. The quantitative estimate of drug-likeness (QED) is 0.360. The third-order valence-electron chi connectivity index (χ3n) is 5.53. The van der Waals surface area contributed by atoms with E-state index in [-0.39, 0.29) is 5.78 Å². The van der Waals surface area contributed by atoms with Crippen molar-refractivity contribution in [2.75, 3.05) is 6.61 Å². The van der Waals surface area contributed by atoms with Crippen LogP contribution in [0.5, 0.6) is 5.75 Å². The number of thiazole rings is 1. The Bertz CT molecular complexity index is 1300. The Labute approximate surface area is 190 Å². The number of carbonyl (C=O) groups excluding carboxylic acids is 1. The molecule has 0 unspecified atom stereocenters. The number of hydrogen-bond donors (Lipinski definition) is 0. The Balaban J connectivity index is 1.42. The molecule has 0 amide bonds. The van der Waals surface area contributed by atoms with Crippen LogP contribution in [0.1, 0.15) is 44.0 Å². The smallest absolute Gasteiger partial charge is 0.195 e. The third kappa shape index (κ3) is 3.85. The average Bonchev–Trinajstić information content (AvgIpc) is 3.38. The molecule has 4 aromatic rings. The Morgan fingerprint density at radius 3 is 2.59 bits per heavy atom. The third-order valence-corrected chi connectivity index (χ3v) is 6.48. The van der Waals surface area contributed by atoms with Crippen molar-refractivity contribution < 1.29 is 9.53 Å². The highest BCUT2D eigenvalue weighted by molar-refractivity contribution is 7.11. The highest BCUT2D eigenvalue weighted by Crippen LogP contribution is 2.45. The van der Waals surface area contributed by atoms with Gasteiger partial charge in [0, 0.05) is 47.1 Å². The number of hydrogen-bond acceptors (Lipinski definition) is 6. The summed E-state index contributed by atoms with van der Waals surface area (Å²) in [7, 11) is 0. The van der Waals surface area contributed by atoms with Crippen molar-refractivity contribution in [2.24, 2.45) is 0 Å². The molecule has 32 heavy (non-hydrogen) atoms. The van der Waals surface area contributed by atoms with Crippen molar-refractivity contribution in [3.63, 3.8) is 0 Å². The number of nitrogens with zero attached hydrogens (tertiary/aromatic N) is 3. The molecule has 1 aromatic carbocycles. The van der Waals surface area contributed by atoms with Crippen molar-refractivity contribution in [3.8, 4) is 5.75 Å². The molecule has 0 saturated heterocycles. The molecule has 1 aliphatic carbocycles. The number of rotatable bonds is 7. The van der Waals surface area contributed by atoms with E-state index in [0.29, 0.717) is 23.5 Å². The molecule has 5 nitrogen and oxygen atoms in total. The van der Waals surface area contributed by atoms with Crippen LogP contribution in [0.4, 0.5) is 0 Å². The Kier molecular flexibility index (Phi) is 5.60. The minimum Gasteiger partial charge on any atom is -0.494 e. The second-order valence-electron chi connectivity index (χ2n) is 7.60. The fraction of sp³-hybridized carbons (Fsp3) is 0.154. The Morgan fingerprint density at radius 2 is 1.84 bits per heavy atom. The first-order valence-corrected chi connectivity index (χ1v) is 11.4. The van der Waals surface area contributed by atoms with Crippen molar-refractivity contribution in [3.05, 3.63) is 106 Å². The number of benzene rings is 1. The number of carbonyl (C=O) groups is 1. The van der Waals surface area contributed by atoms with Crippen LogP contribution in [0.2, 0.25) is 0 Å². The SMILES string of the molecule is Cc1ncsc1C1=C(c2cccnc2)C(=O)c2cc(OCCCc3ccncc3)ccc21. The van der Waals surface area contributed by atoms with Gasteiger partial charge in [0.2, 0.25) is 0 Å². The van der Waals surface area contributed by atoms with Gasteiger partial charge in [-0.15, -0.1) is 11.3 Å². The summed E-state index contributed by atoms with van der Waals surface area (Å²) in [6, 6.07) is 13.6. The van der Waals surface area contributed by atoms with Crippen molar-refractivity contribution in [2.45, 2.75) is 19.8 Å². The average molecular weight is 440 g/mol. The molecule has 0 aliphatic heterocycles. The van der Waals surface area contributed by atoms with Crippen LogP contribution in [-0.4, -0.2) is 27.3 Å². The molecule has 0 N–H and O–H groups in total. The van der Waals surface area contributed by atoms with Gasteiger partial charge in [0.15, 0.2) is 5.78 Å². The Morgan fingerprint density at radius 1 is 0.969 bits per heavy atom. The molecule has 0 radical (unpaired) electrons. The molecule has 3 aromatic heterocycles. The van der Waals surface area contributed by atoms with E-state index in [1.54, 1.807) is 36.1 Å². The lowest BCUT2D eigenvalue weighted by molar-refractivity contribution is 0.105. The molecule has 6 heteroatoms. The van der Waals surface area contributed by atoms with Crippen LogP contribution in [0, 0.1) is 6.92 Å². The molecule has 5 rings (SSSR count). The van der Waals surface area contributed by atoms with Gasteiger partial charge in [0.1, 0.15) is 5.75 Å².